The summed E-state index contributed by atoms with van der Waals surface area (Å²) in [4.78, 5) is 36.5. The van der Waals surface area contributed by atoms with Crippen molar-refractivity contribution in [3.05, 3.63) is 141 Å². The lowest BCUT2D eigenvalue weighted by Crippen LogP contribution is -2.71. The second-order valence-electron chi connectivity index (χ2n) is 18.8. The van der Waals surface area contributed by atoms with Crippen LogP contribution in [-0.4, -0.2) is 138 Å². The van der Waals surface area contributed by atoms with Gasteiger partial charge in [0, 0.05) is 44.7 Å². The molecule has 0 bridgehead atoms. The average Bonchev–Trinajstić information content (AvgIpc) is 4.09. The van der Waals surface area contributed by atoms with Crippen LogP contribution in [0.15, 0.2) is 97.1 Å². The number of benzene rings is 4. The van der Waals surface area contributed by atoms with E-state index in [-0.39, 0.29) is 54.3 Å². The molecule has 0 radical (unpaired) electrons. The number of nitrogens with zero attached hydrogens (tertiary/aromatic N) is 5. The lowest BCUT2D eigenvalue weighted by molar-refractivity contribution is -0.153. The Hall–Kier alpha value is -3.49. The van der Waals surface area contributed by atoms with Crippen LogP contribution in [0, 0.1) is 17.6 Å². The van der Waals surface area contributed by atoms with Gasteiger partial charge >= 0.3 is 0 Å². The third kappa shape index (κ3) is 13.7. The van der Waals surface area contributed by atoms with Crippen LogP contribution in [0.1, 0.15) is 68.2 Å². The van der Waals surface area contributed by atoms with Crippen molar-refractivity contribution >= 4 is 46.0 Å². The normalized spacial score (nSPS) is 25.5. The van der Waals surface area contributed by atoms with E-state index >= 15 is 0 Å². The third-order valence-corrected chi connectivity index (χ3v) is 15.2. The van der Waals surface area contributed by atoms with Gasteiger partial charge in [0.2, 0.25) is 11.1 Å². The van der Waals surface area contributed by atoms with Gasteiger partial charge in [-0.1, -0.05) is 103 Å². The molecule has 6 heterocycles. The number of halogens is 5. The van der Waals surface area contributed by atoms with Gasteiger partial charge in [-0.3, -0.25) is 29.2 Å². The molecule has 0 saturated carbocycles. The van der Waals surface area contributed by atoms with Crippen LogP contribution in [0.5, 0.6) is 0 Å². The Morgan fingerprint density at radius 1 is 0.544 bits per heavy atom. The number of piperazine rings is 1. The molecule has 6 aliphatic heterocycles. The molecule has 0 unspecified atom stereocenters. The highest BCUT2D eigenvalue weighted by Crippen LogP contribution is 2.35. The summed E-state index contributed by atoms with van der Waals surface area (Å²) in [6, 6.07) is 31.8. The third-order valence-electron chi connectivity index (χ3n) is 14.5. The number of carbonyl (C=O) groups is 2. The highest BCUT2D eigenvalue weighted by molar-refractivity contribution is 6.63. The number of carbonyl (C=O) groups excluding carboxylic acids is 2. The van der Waals surface area contributed by atoms with E-state index in [1.165, 1.54) is 93.6 Å². The summed E-state index contributed by atoms with van der Waals surface area (Å²) in [6.07, 6.45) is 8.19. The molecule has 68 heavy (non-hydrogen) atoms. The van der Waals surface area contributed by atoms with Crippen molar-refractivity contribution in [1.82, 2.24) is 24.5 Å². The number of likely N-dealkylation sites (tertiary alicyclic amines) is 3. The molecule has 0 aromatic heterocycles. The van der Waals surface area contributed by atoms with E-state index in [0.717, 1.165) is 57.4 Å². The first kappa shape index (κ1) is 52.3. The van der Waals surface area contributed by atoms with Crippen molar-refractivity contribution in [1.29, 1.82) is 0 Å². The molecule has 0 N–H and O–H groups in total. The summed E-state index contributed by atoms with van der Waals surface area (Å²) in [5, 5.41) is -0.421. The summed E-state index contributed by atoms with van der Waals surface area (Å²) in [5.74, 6) is -0.0640. The fraction of sp³-hybridized carbons (Fsp3) is 0.519. The predicted octanol–water partition coefficient (Wildman–Crippen LogP) is 9.78. The Balaban J connectivity index is 0.000000168. The highest BCUT2D eigenvalue weighted by Gasteiger charge is 2.48. The average molecular weight is 996 g/mol. The zero-order valence-electron chi connectivity index (χ0n) is 38.3. The Morgan fingerprint density at radius 2 is 1.03 bits per heavy atom. The van der Waals surface area contributed by atoms with E-state index in [0.29, 0.717) is 37.4 Å². The zero-order chi connectivity index (χ0) is 46.7. The van der Waals surface area contributed by atoms with Crippen LogP contribution >= 0.6 is 34.8 Å². The number of fused-ring (bicyclic) bond motifs is 2. The van der Waals surface area contributed by atoms with Crippen molar-refractivity contribution in [3.8, 4) is 0 Å². The van der Waals surface area contributed by atoms with E-state index in [1.807, 2.05) is 6.07 Å². The largest absolute Gasteiger partial charge is 0.378 e. The van der Waals surface area contributed by atoms with Gasteiger partial charge in [0.1, 0.15) is 11.6 Å². The minimum absolute atomic E-state index is 0. The first-order valence-corrected chi connectivity index (χ1v) is 25.3. The van der Waals surface area contributed by atoms with Gasteiger partial charge in [-0.15, -0.1) is 0 Å². The summed E-state index contributed by atoms with van der Waals surface area (Å²) in [5.41, 5.74) is 4.08. The van der Waals surface area contributed by atoms with Crippen molar-refractivity contribution in [3.63, 3.8) is 0 Å². The predicted molar refractivity (Wildman–Crippen MR) is 268 cm³/mol. The van der Waals surface area contributed by atoms with Crippen molar-refractivity contribution in [2.45, 2.75) is 102 Å². The second kappa shape index (κ2) is 25.6. The lowest BCUT2D eigenvalue weighted by Gasteiger charge is -2.54. The maximum absolute atomic E-state index is 13.6. The number of piperidine rings is 1. The Bertz CT molecular complexity index is 2220. The van der Waals surface area contributed by atoms with Gasteiger partial charge < -0.3 is 14.4 Å². The van der Waals surface area contributed by atoms with E-state index in [9.17, 15) is 18.4 Å². The van der Waals surface area contributed by atoms with Crippen LogP contribution in [0.2, 0.25) is 10.0 Å². The maximum Gasteiger partial charge on any atom is 0.227 e. The molecule has 368 valence electrons. The molecule has 6 aliphatic rings. The number of hydrogen-bond acceptors (Lipinski definition) is 8. The van der Waals surface area contributed by atoms with Crippen molar-refractivity contribution in [2.75, 3.05) is 72.2 Å². The monoisotopic (exact) mass is 993 g/mol. The summed E-state index contributed by atoms with van der Waals surface area (Å²) >= 11 is 16.6. The molecule has 6 saturated heterocycles. The van der Waals surface area contributed by atoms with Crippen LogP contribution < -0.4 is 0 Å². The van der Waals surface area contributed by atoms with Gasteiger partial charge in [-0.2, -0.15) is 0 Å². The summed E-state index contributed by atoms with van der Waals surface area (Å²) in [7, 11) is 0. The minimum atomic E-state index is -0.498. The molecular formula is C54H68Cl3F2N5O4. The quantitative estimate of drug-likeness (QED) is 0.146. The number of rotatable bonds is 10. The minimum Gasteiger partial charge on any atom is -0.378 e. The molecule has 1 amide bonds. The SMILES string of the molecule is C.O=C(Cc1ccc(F)c(Cl)c1)N1CCN(Cc2ccccc2)[C@@H]2COC[C@H](N3CCCC3)[C@H]21.O=C(Cl)Cc1ccc(F)c(Cl)c1.c1ccc(CN2CCC[C@H]3[C@H]2COC[C@@H]3N2CCCC2)cc1. The molecule has 6 fully saturated rings. The standard InChI is InChI=1S/C26H31ClFN3O2.C19H28N2O.C8H5Cl2FO.CH4/c27-21-14-20(8-9-22(21)28)15-25(32)31-13-12-30(16-19-6-2-1-3-7-19)24-18-33-17-23(26(24)31)29-10-4-5-11-29;1-2-7-16(8-3-1)13-21-12-6-9-17-18(14-22-15-19(17)21)20-10-4-5-11-20;9-6-3-5(4-8(10)12)1-2-7(6)11;/h1-3,6-9,14,23-24,26H,4-5,10-13,15-18H2;1-3,7-8,17-19H,4-6,9-15H2;1-3H,4H2;1H4/t23-,24+,26+;17-,18+,19-;;/m01../s1. The maximum atomic E-state index is 13.6. The van der Waals surface area contributed by atoms with Crippen molar-refractivity contribution in [2.24, 2.45) is 5.92 Å². The van der Waals surface area contributed by atoms with Gasteiger partial charge in [-0.25, -0.2) is 8.78 Å². The van der Waals surface area contributed by atoms with E-state index in [2.05, 4.69) is 79.1 Å². The smallest absolute Gasteiger partial charge is 0.227 e. The van der Waals surface area contributed by atoms with Crippen LogP contribution in [0.4, 0.5) is 8.78 Å². The van der Waals surface area contributed by atoms with Crippen LogP contribution in [-0.2, 0) is 45.0 Å². The van der Waals surface area contributed by atoms with Crippen LogP contribution in [0.3, 0.4) is 0 Å². The van der Waals surface area contributed by atoms with Crippen LogP contribution in [0.25, 0.3) is 0 Å². The molecule has 6 atom stereocenters. The molecular weight excluding hydrogens is 927 g/mol. The number of hydrogen-bond donors (Lipinski definition) is 0. The fourth-order valence-corrected chi connectivity index (χ4v) is 11.8. The molecule has 9 nitrogen and oxygen atoms in total. The van der Waals surface area contributed by atoms with Gasteiger partial charge in [0.25, 0.3) is 0 Å². The van der Waals surface area contributed by atoms with Crippen molar-refractivity contribution < 1.29 is 27.8 Å². The number of amides is 1. The molecule has 0 aliphatic carbocycles. The number of ether oxygens (including phenoxy) is 2. The molecule has 4 aromatic rings. The topological polar surface area (TPSA) is 68.8 Å². The van der Waals surface area contributed by atoms with Gasteiger partial charge in [0.15, 0.2) is 0 Å². The summed E-state index contributed by atoms with van der Waals surface area (Å²) < 4.78 is 38.4. The Morgan fingerprint density at radius 3 is 1.57 bits per heavy atom. The first-order chi connectivity index (χ1) is 32.6. The molecule has 10 rings (SSSR count). The van der Waals surface area contributed by atoms with Gasteiger partial charge in [-0.05, 0) is 135 Å². The van der Waals surface area contributed by atoms with Gasteiger partial charge in [0.05, 0.1) is 61.0 Å². The van der Waals surface area contributed by atoms with E-state index < -0.39 is 16.9 Å². The zero-order valence-corrected chi connectivity index (χ0v) is 40.6. The first-order valence-electron chi connectivity index (χ1n) is 24.2. The Labute approximate surface area is 417 Å². The summed E-state index contributed by atoms with van der Waals surface area (Å²) in [6.45, 7) is 12.5. The molecule has 4 aromatic carbocycles. The highest BCUT2D eigenvalue weighted by atomic mass is 35.5. The molecule has 14 heteroatoms. The Kier molecular flexibility index (Phi) is 19.7. The second-order valence-corrected chi connectivity index (χ2v) is 20.1. The van der Waals surface area contributed by atoms with E-state index in [1.54, 1.807) is 12.1 Å². The fourth-order valence-electron chi connectivity index (χ4n) is 11.2. The lowest BCUT2D eigenvalue weighted by atomic mass is 9.81. The molecule has 0 spiro atoms. The van der Waals surface area contributed by atoms with E-state index in [4.69, 9.17) is 44.3 Å².